The molecule has 1 nitrogen and oxygen atoms in total. The predicted octanol–water partition coefficient (Wildman–Crippen LogP) is 3.58. The van der Waals surface area contributed by atoms with Gasteiger partial charge in [-0.25, -0.2) is 0 Å². The smallest absolute Gasteiger partial charge is 0.216 e. The van der Waals surface area contributed by atoms with E-state index in [-0.39, 0.29) is 5.12 Å². The molecule has 0 fully saturated rings. The van der Waals surface area contributed by atoms with Gasteiger partial charge in [-0.15, -0.1) is 12.6 Å². The Kier molecular flexibility index (Phi) is 3.76. The van der Waals surface area contributed by atoms with Crippen LogP contribution in [-0.2, 0) is 0 Å². The summed E-state index contributed by atoms with van der Waals surface area (Å²) in [4.78, 5) is 11.3. The van der Waals surface area contributed by atoms with Crippen molar-refractivity contribution < 1.29 is 4.79 Å². The zero-order valence-electron chi connectivity index (χ0n) is 8.87. The first-order valence-electron chi connectivity index (χ1n) is 4.90. The van der Waals surface area contributed by atoms with Gasteiger partial charge < -0.3 is 0 Å². The van der Waals surface area contributed by atoms with Gasteiger partial charge in [-0.3, -0.25) is 4.79 Å². The Balaban J connectivity index is 3.21. The van der Waals surface area contributed by atoms with Crippen molar-refractivity contribution in [3.63, 3.8) is 0 Å². The van der Waals surface area contributed by atoms with Gasteiger partial charge in [0.1, 0.15) is 0 Å². The molecule has 0 saturated carbocycles. The summed E-state index contributed by atoms with van der Waals surface area (Å²) in [6.45, 7) is 6.24. The molecule has 1 rings (SSSR count). The maximum atomic E-state index is 11.3. The summed E-state index contributed by atoms with van der Waals surface area (Å²) in [5, 5.41) is -0.135. The molecule has 0 N–H and O–H groups in total. The molecule has 0 heterocycles. The van der Waals surface area contributed by atoms with Crippen molar-refractivity contribution in [2.24, 2.45) is 0 Å². The quantitative estimate of drug-likeness (QED) is 0.751. The lowest BCUT2D eigenvalue weighted by Crippen LogP contribution is -2.01. The zero-order valence-corrected chi connectivity index (χ0v) is 9.77. The minimum Gasteiger partial charge on any atom is -0.282 e. The third-order valence-corrected chi connectivity index (χ3v) is 2.82. The Morgan fingerprint density at radius 3 is 2.64 bits per heavy atom. The van der Waals surface area contributed by atoms with E-state index in [1.807, 2.05) is 25.1 Å². The Hall–Kier alpha value is -0.760. The van der Waals surface area contributed by atoms with Gasteiger partial charge in [0.15, 0.2) is 0 Å². The number of rotatable bonds is 3. The highest BCUT2D eigenvalue weighted by atomic mass is 32.1. The average molecular weight is 208 g/mol. The van der Waals surface area contributed by atoms with Crippen LogP contribution in [-0.4, -0.2) is 5.12 Å². The summed E-state index contributed by atoms with van der Waals surface area (Å²) in [5.41, 5.74) is 2.97. The lowest BCUT2D eigenvalue weighted by molar-refractivity contribution is 0.109. The monoisotopic (exact) mass is 208 g/mol. The van der Waals surface area contributed by atoms with Crippen LogP contribution in [0.25, 0.3) is 0 Å². The molecule has 1 unspecified atom stereocenters. The lowest BCUT2D eigenvalue weighted by Gasteiger charge is -2.13. The number of aryl methyl sites for hydroxylation is 1. The Morgan fingerprint density at radius 2 is 2.14 bits per heavy atom. The van der Waals surface area contributed by atoms with E-state index in [1.54, 1.807) is 0 Å². The van der Waals surface area contributed by atoms with Crippen LogP contribution >= 0.6 is 12.6 Å². The van der Waals surface area contributed by atoms with E-state index >= 15 is 0 Å². The molecule has 0 saturated heterocycles. The topological polar surface area (TPSA) is 17.1 Å². The van der Waals surface area contributed by atoms with E-state index in [4.69, 9.17) is 0 Å². The Morgan fingerprint density at radius 1 is 1.50 bits per heavy atom. The number of benzene rings is 1. The van der Waals surface area contributed by atoms with Crippen molar-refractivity contribution in [2.75, 3.05) is 0 Å². The molecule has 76 valence electrons. The van der Waals surface area contributed by atoms with Gasteiger partial charge in [-0.2, -0.15) is 0 Å². The Bertz CT molecular complexity index is 344. The van der Waals surface area contributed by atoms with E-state index in [2.05, 4.69) is 26.5 Å². The van der Waals surface area contributed by atoms with Gasteiger partial charge in [0.2, 0.25) is 5.12 Å². The predicted molar refractivity (Wildman–Crippen MR) is 63.2 cm³/mol. The van der Waals surface area contributed by atoms with Crippen LogP contribution in [0.5, 0.6) is 0 Å². The van der Waals surface area contributed by atoms with Crippen LogP contribution in [0.4, 0.5) is 0 Å². The van der Waals surface area contributed by atoms with E-state index in [1.165, 1.54) is 0 Å². The van der Waals surface area contributed by atoms with E-state index in [0.717, 1.165) is 23.1 Å². The normalized spacial score (nSPS) is 12.6. The minimum atomic E-state index is -0.135. The number of carbonyl (C=O) groups excluding carboxylic acids is 1. The second kappa shape index (κ2) is 4.65. The fourth-order valence-corrected chi connectivity index (χ4v) is 1.70. The minimum absolute atomic E-state index is 0.135. The highest BCUT2D eigenvalue weighted by Crippen LogP contribution is 2.24. The third kappa shape index (κ3) is 2.38. The molecule has 0 radical (unpaired) electrons. The first kappa shape index (κ1) is 11.3. The second-order valence-electron chi connectivity index (χ2n) is 3.71. The molecule has 1 atom stereocenters. The molecule has 14 heavy (non-hydrogen) atoms. The van der Waals surface area contributed by atoms with Crippen molar-refractivity contribution in [1.82, 2.24) is 0 Å². The maximum Gasteiger partial charge on any atom is 0.216 e. The van der Waals surface area contributed by atoms with Crippen LogP contribution < -0.4 is 0 Å². The molecule has 0 amide bonds. The molecule has 0 aliphatic rings. The van der Waals surface area contributed by atoms with Crippen LogP contribution in [0.2, 0.25) is 0 Å². The standard InChI is InChI=1S/C12H16OS/c1-4-9(3)10-6-5-8(2)7-11(10)12(13)14/h5-7,9H,4H2,1-3H3,(H,13,14). The molecule has 1 aromatic rings. The molecule has 0 aliphatic heterocycles. The highest BCUT2D eigenvalue weighted by molar-refractivity contribution is 7.97. The molecule has 2 heteroatoms. The van der Waals surface area contributed by atoms with Gasteiger partial charge in [-0.05, 0) is 30.9 Å². The van der Waals surface area contributed by atoms with E-state index in [9.17, 15) is 4.79 Å². The fourth-order valence-electron chi connectivity index (χ4n) is 1.50. The first-order chi connectivity index (χ1) is 6.56. The highest BCUT2D eigenvalue weighted by Gasteiger charge is 2.12. The number of thiol groups is 1. The molecular formula is C12H16OS. The molecule has 0 spiro atoms. The SMILES string of the molecule is CCC(C)c1ccc(C)cc1C(=O)S. The second-order valence-corrected chi connectivity index (χ2v) is 4.11. The Labute approximate surface area is 90.9 Å². The fraction of sp³-hybridized carbons (Fsp3) is 0.417. The van der Waals surface area contributed by atoms with Crippen molar-refractivity contribution in [3.05, 3.63) is 34.9 Å². The van der Waals surface area contributed by atoms with Crippen LogP contribution in [0.1, 0.15) is 47.7 Å². The van der Waals surface area contributed by atoms with Crippen LogP contribution in [0.15, 0.2) is 18.2 Å². The van der Waals surface area contributed by atoms with Gasteiger partial charge >= 0.3 is 0 Å². The number of hydrogen-bond donors (Lipinski definition) is 1. The summed E-state index contributed by atoms with van der Waals surface area (Å²) in [6.07, 6.45) is 1.04. The summed E-state index contributed by atoms with van der Waals surface area (Å²) < 4.78 is 0. The summed E-state index contributed by atoms with van der Waals surface area (Å²) in [6, 6.07) is 5.99. The average Bonchev–Trinajstić information content (AvgIpc) is 2.16. The summed E-state index contributed by atoms with van der Waals surface area (Å²) >= 11 is 3.90. The molecule has 0 bridgehead atoms. The van der Waals surface area contributed by atoms with Gasteiger partial charge in [-0.1, -0.05) is 31.5 Å². The third-order valence-electron chi connectivity index (χ3n) is 2.58. The molecule has 0 aliphatic carbocycles. The zero-order chi connectivity index (χ0) is 10.7. The molecule has 1 aromatic carbocycles. The van der Waals surface area contributed by atoms with Crippen LogP contribution in [0.3, 0.4) is 0 Å². The number of hydrogen-bond acceptors (Lipinski definition) is 1. The lowest BCUT2D eigenvalue weighted by atomic mass is 9.93. The van der Waals surface area contributed by atoms with Gasteiger partial charge in [0, 0.05) is 5.56 Å². The van der Waals surface area contributed by atoms with E-state index in [0.29, 0.717) is 5.92 Å². The molecule has 0 aromatic heterocycles. The van der Waals surface area contributed by atoms with E-state index < -0.39 is 0 Å². The molecular weight excluding hydrogens is 192 g/mol. The van der Waals surface area contributed by atoms with Gasteiger partial charge in [0.05, 0.1) is 0 Å². The van der Waals surface area contributed by atoms with Crippen molar-refractivity contribution in [3.8, 4) is 0 Å². The largest absolute Gasteiger partial charge is 0.282 e. The van der Waals surface area contributed by atoms with Crippen molar-refractivity contribution in [1.29, 1.82) is 0 Å². The maximum absolute atomic E-state index is 11.3. The van der Waals surface area contributed by atoms with Crippen molar-refractivity contribution >= 4 is 17.7 Å². The first-order valence-corrected chi connectivity index (χ1v) is 5.34. The summed E-state index contributed by atoms with van der Waals surface area (Å²) in [5.74, 6) is 0.418. The van der Waals surface area contributed by atoms with Crippen LogP contribution in [0, 0.1) is 6.92 Å². The summed E-state index contributed by atoms with van der Waals surface area (Å²) in [7, 11) is 0. The van der Waals surface area contributed by atoms with Gasteiger partial charge in [0.25, 0.3) is 0 Å². The van der Waals surface area contributed by atoms with Crippen molar-refractivity contribution in [2.45, 2.75) is 33.1 Å². The number of carbonyl (C=O) groups is 1.